The molecule has 3 heteroatoms. The minimum Gasteiger partial charge on any atom is -0.393 e. The van der Waals surface area contributed by atoms with Gasteiger partial charge in [-0.2, -0.15) is 0 Å². The smallest absolute Gasteiger partial charge is 0.186 e. The van der Waals surface area contributed by atoms with Crippen molar-refractivity contribution in [1.82, 2.24) is 0 Å². The highest BCUT2D eigenvalue weighted by Crippen LogP contribution is 2.24. The number of carbonyl (C=O) groups is 1. The Morgan fingerprint density at radius 1 is 1.44 bits per heavy atom. The summed E-state index contributed by atoms with van der Waals surface area (Å²) >= 11 is 0. The van der Waals surface area contributed by atoms with Crippen LogP contribution >= 0.6 is 0 Å². The molecule has 3 nitrogen and oxygen atoms in total. The zero-order chi connectivity index (χ0) is 11.4. The maximum atomic E-state index is 11.3. The van der Waals surface area contributed by atoms with Crippen molar-refractivity contribution in [3.8, 4) is 0 Å². The first-order chi connectivity index (χ1) is 7.79. The molecule has 0 aromatic heterocycles. The van der Waals surface area contributed by atoms with Gasteiger partial charge in [0.2, 0.25) is 0 Å². The number of ether oxygens (including phenoxy) is 1. The van der Waals surface area contributed by atoms with Gasteiger partial charge in [-0.05, 0) is 38.2 Å². The number of hydrogen-bond acceptors (Lipinski definition) is 3. The molecule has 1 heterocycles. The third kappa shape index (κ3) is 2.80. The lowest BCUT2D eigenvalue weighted by Crippen LogP contribution is -2.34. The lowest BCUT2D eigenvalue weighted by atomic mass is 9.94. The fourth-order valence-electron chi connectivity index (χ4n) is 2.23. The Kier molecular flexibility index (Phi) is 3.91. The molecule has 0 amide bonds. The standard InChI is InChI=1S/C13H18O3/c14-9-13-12(15)7-6-11(16-13)8-10-4-2-1-3-5-10/h4,6-7,11,13-14H,1-3,5,8-9H2/t11-,13+/m0/s1. The average molecular weight is 222 g/mol. The van der Waals surface area contributed by atoms with Crippen molar-refractivity contribution in [3.05, 3.63) is 23.8 Å². The SMILES string of the molecule is O=C1C=C[C@@H](CC2=CCCCC2)O[C@@H]1CO. The second-order valence-electron chi connectivity index (χ2n) is 4.42. The Morgan fingerprint density at radius 3 is 3.00 bits per heavy atom. The molecule has 0 radical (unpaired) electrons. The molecule has 0 fully saturated rings. The third-order valence-electron chi connectivity index (χ3n) is 3.15. The van der Waals surface area contributed by atoms with E-state index in [1.54, 1.807) is 6.08 Å². The Labute approximate surface area is 95.8 Å². The highest BCUT2D eigenvalue weighted by molar-refractivity contribution is 5.94. The van der Waals surface area contributed by atoms with Crippen LogP contribution in [0.4, 0.5) is 0 Å². The summed E-state index contributed by atoms with van der Waals surface area (Å²) in [7, 11) is 0. The first-order valence-electron chi connectivity index (χ1n) is 5.96. The molecule has 1 aliphatic carbocycles. The predicted molar refractivity (Wildman–Crippen MR) is 61.1 cm³/mol. The van der Waals surface area contributed by atoms with E-state index in [4.69, 9.17) is 9.84 Å². The molecule has 0 aromatic rings. The number of carbonyl (C=O) groups excluding carboxylic acids is 1. The monoisotopic (exact) mass is 222 g/mol. The number of aliphatic hydroxyl groups excluding tert-OH is 1. The number of rotatable bonds is 3. The maximum Gasteiger partial charge on any atom is 0.186 e. The maximum absolute atomic E-state index is 11.3. The summed E-state index contributed by atoms with van der Waals surface area (Å²) in [6, 6.07) is 0. The second-order valence-corrected chi connectivity index (χ2v) is 4.42. The van der Waals surface area contributed by atoms with Crippen molar-refractivity contribution in [1.29, 1.82) is 0 Å². The second kappa shape index (κ2) is 5.41. The Bertz CT molecular complexity index is 317. The summed E-state index contributed by atoms with van der Waals surface area (Å²) in [6.45, 7) is -0.223. The van der Waals surface area contributed by atoms with Crippen LogP contribution in [0.1, 0.15) is 32.1 Å². The van der Waals surface area contributed by atoms with Crippen LogP contribution in [-0.4, -0.2) is 29.7 Å². The Morgan fingerprint density at radius 2 is 2.31 bits per heavy atom. The van der Waals surface area contributed by atoms with Gasteiger partial charge in [0.1, 0.15) is 6.10 Å². The molecule has 2 rings (SSSR count). The van der Waals surface area contributed by atoms with Crippen LogP contribution in [0, 0.1) is 0 Å². The summed E-state index contributed by atoms with van der Waals surface area (Å²) in [6.07, 6.45) is 10.6. The number of hydrogen-bond donors (Lipinski definition) is 1. The third-order valence-corrected chi connectivity index (χ3v) is 3.15. The molecule has 0 unspecified atom stereocenters. The first-order valence-corrected chi connectivity index (χ1v) is 5.96. The fourth-order valence-corrected chi connectivity index (χ4v) is 2.23. The summed E-state index contributed by atoms with van der Waals surface area (Å²) < 4.78 is 5.52. The van der Waals surface area contributed by atoms with Gasteiger partial charge in [0.05, 0.1) is 12.7 Å². The number of ketones is 1. The first kappa shape index (κ1) is 11.6. The molecule has 0 spiro atoms. The van der Waals surface area contributed by atoms with Crippen LogP contribution in [0.2, 0.25) is 0 Å². The molecule has 2 atom stereocenters. The van der Waals surface area contributed by atoms with Gasteiger partial charge in [-0.25, -0.2) is 0 Å². The minimum absolute atomic E-state index is 0.0424. The van der Waals surface area contributed by atoms with E-state index in [-0.39, 0.29) is 18.5 Å². The zero-order valence-corrected chi connectivity index (χ0v) is 9.39. The molecule has 0 aromatic carbocycles. The van der Waals surface area contributed by atoms with Crippen molar-refractivity contribution in [2.24, 2.45) is 0 Å². The Hall–Kier alpha value is -0.930. The highest BCUT2D eigenvalue weighted by atomic mass is 16.5. The molecular weight excluding hydrogens is 204 g/mol. The van der Waals surface area contributed by atoms with E-state index in [1.807, 2.05) is 6.08 Å². The van der Waals surface area contributed by atoms with Gasteiger partial charge in [0, 0.05) is 0 Å². The minimum atomic E-state index is -0.654. The average Bonchev–Trinajstić information content (AvgIpc) is 2.33. The molecule has 0 saturated heterocycles. The topological polar surface area (TPSA) is 46.5 Å². The van der Waals surface area contributed by atoms with Crippen LogP contribution in [0.3, 0.4) is 0 Å². The van der Waals surface area contributed by atoms with Crippen LogP contribution in [0.5, 0.6) is 0 Å². The van der Waals surface area contributed by atoms with E-state index in [0.29, 0.717) is 0 Å². The van der Waals surface area contributed by atoms with Crippen molar-refractivity contribution < 1.29 is 14.6 Å². The van der Waals surface area contributed by atoms with Crippen molar-refractivity contribution >= 4 is 5.78 Å². The van der Waals surface area contributed by atoms with E-state index < -0.39 is 6.10 Å². The molecule has 2 aliphatic rings. The lowest BCUT2D eigenvalue weighted by molar-refractivity contribution is -0.132. The van der Waals surface area contributed by atoms with Gasteiger partial charge >= 0.3 is 0 Å². The van der Waals surface area contributed by atoms with E-state index in [0.717, 1.165) is 19.3 Å². The molecular formula is C13H18O3. The van der Waals surface area contributed by atoms with Crippen LogP contribution in [0.15, 0.2) is 23.8 Å². The summed E-state index contributed by atoms with van der Waals surface area (Å²) in [5.41, 5.74) is 1.42. The van der Waals surface area contributed by atoms with Crippen molar-refractivity contribution in [3.63, 3.8) is 0 Å². The summed E-state index contributed by atoms with van der Waals surface area (Å²) in [4.78, 5) is 11.3. The van der Waals surface area contributed by atoms with Gasteiger partial charge in [0.15, 0.2) is 5.78 Å². The van der Waals surface area contributed by atoms with Gasteiger partial charge in [-0.3, -0.25) is 4.79 Å². The van der Waals surface area contributed by atoms with Gasteiger partial charge < -0.3 is 9.84 Å². The number of aliphatic hydroxyl groups is 1. The van der Waals surface area contributed by atoms with Crippen LogP contribution < -0.4 is 0 Å². The highest BCUT2D eigenvalue weighted by Gasteiger charge is 2.24. The summed E-state index contributed by atoms with van der Waals surface area (Å²) in [5.74, 6) is -0.128. The van der Waals surface area contributed by atoms with Crippen LogP contribution in [0.25, 0.3) is 0 Å². The summed E-state index contributed by atoms with van der Waals surface area (Å²) in [5, 5.41) is 8.99. The lowest BCUT2D eigenvalue weighted by Gasteiger charge is -2.25. The number of allylic oxidation sites excluding steroid dienone is 1. The molecule has 16 heavy (non-hydrogen) atoms. The van der Waals surface area contributed by atoms with Crippen LogP contribution in [-0.2, 0) is 9.53 Å². The quantitative estimate of drug-likeness (QED) is 0.740. The molecule has 0 bridgehead atoms. The van der Waals surface area contributed by atoms with Gasteiger partial charge in [-0.1, -0.05) is 17.7 Å². The predicted octanol–water partition coefficient (Wildman–Crippen LogP) is 1.76. The zero-order valence-electron chi connectivity index (χ0n) is 9.39. The van der Waals surface area contributed by atoms with Gasteiger partial charge in [0.25, 0.3) is 0 Å². The molecule has 88 valence electrons. The molecule has 1 N–H and O–H groups in total. The van der Waals surface area contributed by atoms with E-state index in [1.165, 1.54) is 18.4 Å². The fraction of sp³-hybridized carbons (Fsp3) is 0.615. The normalized spacial score (nSPS) is 30.3. The molecule has 1 aliphatic heterocycles. The van der Waals surface area contributed by atoms with Gasteiger partial charge in [-0.15, -0.1) is 0 Å². The molecule has 0 saturated carbocycles. The largest absolute Gasteiger partial charge is 0.393 e. The van der Waals surface area contributed by atoms with E-state index in [9.17, 15) is 4.79 Å². The Balaban J connectivity index is 1.93. The van der Waals surface area contributed by atoms with Crippen molar-refractivity contribution in [2.75, 3.05) is 6.61 Å². The van der Waals surface area contributed by atoms with E-state index in [2.05, 4.69) is 6.08 Å². The van der Waals surface area contributed by atoms with E-state index >= 15 is 0 Å². The van der Waals surface area contributed by atoms with Crippen molar-refractivity contribution in [2.45, 2.75) is 44.3 Å².